The number of phenolic OH excluding ortho intramolecular Hbond substituents is 2. The fourth-order valence-electron chi connectivity index (χ4n) is 1.92. The van der Waals surface area contributed by atoms with Crippen LogP contribution in [0.1, 0.15) is 24.0 Å². The number of rotatable bonds is 0. The minimum Gasteiger partial charge on any atom is -0.508 e. The van der Waals surface area contributed by atoms with Gasteiger partial charge in [-0.05, 0) is 61.4 Å². The molecule has 0 atom stereocenters. The minimum absolute atomic E-state index is 0. The SMILES string of the molecule is Cc1cc(F)ccc1O.Cc1cc(F)ccc1O.[C-]1=CC=CC1.[C-]1=CC=CC1.[Zr+2]. The maximum atomic E-state index is 12.2. The van der Waals surface area contributed by atoms with Crippen LogP contribution in [0.3, 0.4) is 0 Å². The Morgan fingerprint density at radius 2 is 1.10 bits per heavy atom. The van der Waals surface area contributed by atoms with E-state index in [1.54, 1.807) is 13.8 Å². The van der Waals surface area contributed by atoms with Crippen LogP contribution in [-0.4, -0.2) is 10.2 Å². The zero-order chi connectivity index (χ0) is 20.8. The van der Waals surface area contributed by atoms with Crippen molar-refractivity contribution in [2.24, 2.45) is 0 Å². The Labute approximate surface area is 190 Å². The van der Waals surface area contributed by atoms with Gasteiger partial charge < -0.3 is 10.2 Å². The maximum Gasteiger partial charge on any atom is 2.00 e. The molecule has 5 heteroatoms. The smallest absolute Gasteiger partial charge is 0.508 e. The zero-order valence-corrected chi connectivity index (χ0v) is 19.0. The van der Waals surface area contributed by atoms with Crippen LogP contribution in [0.25, 0.3) is 0 Å². The number of hydrogen-bond donors (Lipinski definition) is 2. The molecule has 2 aliphatic rings. The number of allylic oxidation sites excluding steroid dienone is 8. The number of halogens is 2. The quantitative estimate of drug-likeness (QED) is 0.442. The second kappa shape index (κ2) is 15.6. The molecule has 2 nitrogen and oxygen atoms in total. The van der Waals surface area contributed by atoms with Gasteiger partial charge in [0.1, 0.15) is 23.1 Å². The third-order valence-electron chi connectivity index (χ3n) is 3.49. The molecule has 0 radical (unpaired) electrons. The predicted octanol–water partition coefficient (Wildman–Crippen LogP) is 6.29. The summed E-state index contributed by atoms with van der Waals surface area (Å²) >= 11 is 0. The molecule has 2 aliphatic carbocycles. The standard InChI is InChI=1S/2C7H7FO.2C5H5.Zr/c2*1-5-4-6(8)2-3-7(5)9;2*1-2-4-5-3-1;/h2*2-4,9H,1H3;2*1-3H,4H2;/q;;2*-1;+2. The Morgan fingerprint density at radius 1 is 0.724 bits per heavy atom. The van der Waals surface area contributed by atoms with E-state index in [4.69, 9.17) is 10.2 Å². The average Bonchev–Trinajstić information content (AvgIpc) is 3.41. The van der Waals surface area contributed by atoms with Crippen molar-refractivity contribution >= 4 is 0 Å². The second-order valence-electron chi connectivity index (χ2n) is 5.87. The third kappa shape index (κ3) is 12.7. The average molecular weight is 474 g/mol. The number of aromatic hydroxyl groups is 2. The molecular formula is C24H24F2O2Zr. The van der Waals surface area contributed by atoms with Crippen molar-refractivity contribution in [3.63, 3.8) is 0 Å². The predicted molar refractivity (Wildman–Crippen MR) is 109 cm³/mol. The summed E-state index contributed by atoms with van der Waals surface area (Å²) < 4.78 is 24.5. The van der Waals surface area contributed by atoms with E-state index in [-0.39, 0.29) is 49.3 Å². The van der Waals surface area contributed by atoms with Crippen molar-refractivity contribution < 1.29 is 45.2 Å². The topological polar surface area (TPSA) is 40.5 Å². The van der Waals surface area contributed by atoms with Gasteiger partial charge in [-0.15, -0.1) is 12.8 Å². The van der Waals surface area contributed by atoms with Crippen LogP contribution in [0.15, 0.2) is 72.9 Å². The number of hydrogen-bond acceptors (Lipinski definition) is 2. The van der Waals surface area contributed by atoms with Crippen molar-refractivity contribution in [2.45, 2.75) is 26.7 Å². The molecule has 29 heavy (non-hydrogen) atoms. The summed E-state index contributed by atoms with van der Waals surface area (Å²) in [6.45, 7) is 3.30. The molecule has 0 aromatic heterocycles. The van der Waals surface area contributed by atoms with E-state index in [1.807, 2.05) is 24.3 Å². The molecule has 0 heterocycles. The largest absolute Gasteiger partial charge is 2.00 e. The van der Waals surface area contributed by atoms with E-state index in [0.29, 0.717) is 11.1 Å². The Bertz CT molecular complexity index is 764. The van der Waals surface area contributed by atoms with Gasteiger partial charge in [0.25, 0.3) is 0 Å². The van der Waals surface area contributed by atoms with Crippen molar-refractivity contribution in [1.82, 2.24) is 0 Å². The minimum atomic E-state index is -0.315. The van der Waals surface area contributed by atoms with Gasteiger partial charge in [-0.3, -0.25) is 12.2 Å². The molecule has 4 rings (SSSR count). The molecule has 0 amide bonds. The Hall–Kier alpha value is -2.26. The first-order valence-electron chi connectivity index (χ1n) is 8.74. The molecule has 0 saturated carbocycles. The van der Waals surface area contributed by atoms with Gasteiger partial charge in [-0.1, -0.05) is 0 Å². The molecule has 0 bridgehead atoms. The second-order valence-corrected chi connectivity index (χ2v) is 5.87. The fraction of sp³-hybridized carbons (Fsp3) is 0.167. The van der Waals surface area contributed by atoms with Crippen LogP contribution < -0.4 is 0 Å². The molecule has 0 unspecified atom stereocenters. The maximum absolute atomic E-state index is 12.2. The Kier molecular flexibility index (Phi) is 14.4. The number of benzene rings is 2. The Morgan fingerprint density at radius 3 is 1.28 bits per heavy atom. The van der Waals surface area contributed by atoms with Crippen molar-refractivity contribution in [3.05, 3.63) is 108 Å². The van der Waals surface area contributed by atoms with Gasteiger partial charge in [-0.25, -0.2) is 33.1 Å². The van der Waals surface area contributed by atoms with Crippen LogP contribution in [0.2, 0.25) is 0 Å². The first kappa shape index (κ1) is 26.7. The molecule has 2 aromatic carbocycles. The van der Waals surface area contributed by atoms with E-state index < -0.39 is 0 Å². The van der Waals surface area contributed by atoms with Crippen LogP contribution in [0.4, 0.5) is 8.78 Å². The van der Waals surface area contributed by atoms with Crippen LogP contribution in [0.5, 0.6) is 11.5 Å². The molecule has 150 valence electrons. The van der Waals surface area contributed by atoms with Gasteiger partial charge in [0.05, 0.1) is 0 Å². The van der Waals surface area contributed by atoms with Gasteiger partial charge in [0, 0.05) is 0 Å². The van der Waals surface area contributed by atoms with Crippen LogP contribution >= 0.6 is 0 Å². The molecular weight excluding hydrogens is 449 g/mol. The van der Waals surface area contributed by atoms with E-state index in [2.05, 4.69) is 24.3 Å². The van der Waals surface area contributed by atoms with Crippen LogP contribution in [-0.2, 0) is 26.2 Å². The van der Waals surface area contributed by atoms with Gasteiger partial charge in [-0.2, -0.15) is 12.2 Å². The van der Waals surface area contributed by atoms with Gasteiger partial charge >= 0.3 is 26.2 Å². The molecule has 0 fully saturated rings. The van der Waals surface area contributed by atoms with E-state index >= 15 is 0 Å². The number of phenols is 2. The van der Waals surface area contributed by atoms with E-state index in [0.717, 1.165) is 12.8 Å². The van der Waals surface area contributed by atoms with Crippen LogP contribution in [0, 0.1) is 37.6 Å². The van der Waals surface area contributed by atoms with Crippen molar-refractivity contribution in [1.29, 1.82) is 0 Å². The summed E-state index contributed by atoms with van der Waals surface area (Å²) in [6, 6.07) is 7.70. The Balaban J connectivity index is 0.000000369. The van der Waals surface area contributed by atoms with Gasteiger partial charge in [0.2, 0.25) is 0 Å². The third-order valence-corrected chi connectivity index (χ3v) is 3.49. The summed E-state index contributed by atoms with van der Waals surface area (Å²) in [5, 5.41) is 17.8. The number of aryl methyl sites for hydroxylation is 2. The zero-order valence-electron chi connectivity index (χ0n) is 16.5. The van der Waals surface area contributed by atoms with Crippen molar-refractivity contribution in [3.8, 4) is 11.5 Å². The first-order chi connectivity index (χ1) is 13.4. The summed E-state index contributed by atoms with van der Waals surface area (Å²) in [4.78, 5) is 0. The monoisotopic (exact) mass is 472 g/mol. The van der Waals surface area contributed by atoms with Gasteiger partial charge in [0.15, 0.2) is 0 Å². The van der Waals surface area contributed by atoms with E-state index in [1.165, 1.54) is 36.4 Å². The van der Waals surface area contributed by atoms with Crippen molar-refractivity contribution in [2.75, 3.05) is 0 Å². The molecule has 2 N–H and O–H groups in total. The summed E-state index contributed by atoms with van der Waals surface area (Å²) in [7, 11) is 0. The summed E-state index contributed by atoms with van der Waals surface area (Å²) in [5.74, 6) is -0.358. The normalized spacial score (nSPS) is 12.0. The molecule has 0 saturated heterocycles. The molecule has 0 aliphatic heterocycles. The summed E-state index contributed by atoms with van der Waals surface area (Å²) in [6.07, 6.45) is 20.0. The molecule has 0 spiro atoms. The fourth-order valence-corrected chi connectivity index (χ4v) is 1.92. The van der Waals surface area contributed by atoms with E-state index in [9.17, 15) is 8.78 Å². The summed E-state index contributed by atoms with van der Waals surface area (Å²) in [5.41, 5.74) is 1.13. The first-order valence-corrected chi connectivity index (χ1v) is 8.74. The molecule has 2 aromatic rings.